The highest BCUT2D eigenvalue weighted by atomic mass is 79.9. The molecule has 9 heteroatoms. The zero-order valence-electron chi connectivity index (χ0n) is 13.4. The molecule has 0 bridgehead atoms. The standard InChI is InChI=1S/C17H12BrF3N4O/c1-10-15(23-24-25(10)14-8-3-2-7-13(14)18)16(26)22-12-6-4-5-11(9-12)17(19,20)21/h2-9H,1H3,(H,22,26). The number of alkyl halides is 3. The van der Waals surface area contributed by atoms with E-state index in [9.17, 15) is 18.0 Å². The Labute approximate surface area is 155 Å². The summed E-state index contributed by atoms with van der Waals surface area (Å²) in [5, 5.41) is 10.2. The normalized spacial score (nSPS) is 11.4. The molecule has 0 unspecified atom stereocenters. The molecule has 1 amide bonds. The number of nitrogens with zero attached hydrogens (tertiary/aromatic N) is 3. The number of hydrogen-bond acceptors (Lipinski definition) is 3. The van der Waals surface area contributed by atoms with Crippen molar-refractivity contribution in [1.29, 1.82) is 0 Å². The first-order valence-electron chi connectivity index (χ1n) is 7.43. The number of halogens is 4. The van der Waals surface area contributed by atoms with Gasteiger partial charge < -0.3 is 5.32 Å². The van der Waals surface area contributed by atoms with Gasteiger partial charge in [0.25, 0.3) is 5.91 Å². The van der Waals surface area contributed by atoms with Gasteiger partial charge in [-0.05, 0) is 53.2 Å². The third kappa shape index (κ3) is 3.62. The van der Waals surface area contributed by atoms with Crippen LogP contribution < -0.4 is 5.32 Å². The summed E-state index contributed by atoms with van der Waals surface area (Å²) < 4.78 is 40.6. The molecule has 134 valence electrons. The van der Waals surface area contributed by atoms with E-state index in [2.05, 4.69) is 31.6 Å². The molecule has 0 radical (unpaired) electrons. The van der Waals surface area contributed by atoms with Crippen LogP contribution in [0.3, 0.4) is 0 Å². The summed E-state index contributed by atoms with van der Waals surface area (Å²) >= 11 is 3.40. The summed E-state index contributed by atoms with van der Waals surface area (Å²) in [7, 11) is 0. The topological polar surface area (TPSA) is 59.8 Å². The van der Waals surface area contributed by atoms with Crippen molar-refractivity contribution >= 4 is 27.5 Å². The lowest BCUT2D eigenvalue weighted by Crippen LogP contribution is -2.15. The lowest BCUT2D eigenvalue weighted by atomic mass is 10.2. The van der Waals surface area contributed by atoms with Gasteiger partial charge in [0.05, 0.1) is 16.9 Å². The highest BCUT2D eigenvalue weighted by molar-refractivity contribution is 9.10. The highest BCUT2D eigenvalue weighted by Gasteiger charge is 2.30. The number of para-hydroxylation sites is 1. The van der Waals surface area contributed by atoms with Crippen molar-refractivity contribution in [2.24, 2.45) is 0 Å². The van der Waals surface area contributed by atoms with Gasteiger partial charge in [0.1, 0.15) is 0 Å². The molecule has 3 aromatic rings. The van der Waals surface area contributed by atoms with E-state index in [1.54, 1.807) is 13.0 Å². The molecule has 5 nitrogen and oxygen atoms in total. The summed E-state index contributed by atoms with van der Waals surface area (Å²) in [6.07, 6.45) is -4.49. The smallest absolute Gasteiger partial charge is 0.321 e. The van der Waals surface area contributed by atoms with Crippen LogP contribution in [0, 0.1) is 6.92 Å². The van der Waals surface area contributed by atoms with Crippen LogP contribution in [0.5, 0.6) is 0 Å². The molecule has 1 N–H and O–H groups in total. The fraction of sp³-hybridized carbons (Fsp3) is 0.118. The Morgan fingerprint density at radius 2 is 1.88 bits per heavy atom. The maximum Gasteiger partial charge on any atom is 0.416 e. The number of anilines is 1. The van der Waals surface area contributed by atoms with Crippen LogP contribution in [0.2, 0.25) is 0 Å². The SMILES string of the molecule is Cc1c(C(=O)Nc2cccc(C(F)(F)F)c2)nnn1-c1ccccc1Br. The first-order chi connectivity index (χ1) is 12.3. The van der Waals surface area contributed by atoms with Crippen molar-refractivity contribution in [2.45, 2.75) is 13.1 Å². The summed E-state index contributed by atoms with van der Waals surface area (Å²) in [5.74, 6) is -0.639. The second-order valence-electron chi connectivity index (χ2n) is 5.42. The van der Waals surface area contributed by atoms with Gasteiger partial charge in [-0.25, -0.2) is 4.68 Å². The van der Waals surface area contributed by atoms with E-state index in [1.165, 1.54) is 16.8 Å². The third-order valence-corrected chi connectivity index (χ3v) is 4.31. The first kappa shape index (κ1) is 18.1. The molecular formula is C17H12BrF3N4O. The molecule has 0 atom stereocenters. The van der Waals surface area contributed by atoms with E-state index in [0.717, 1.165) is 16.6 Å². The van der Waals surface area contributed by atoms with Crippen molar-refractivity contribution in [2.75, 3.05) is 5.32 Å². The van der Waals surface area contributed by atoms with Crippen molar-refractivity contribution in [3.63, 3.8) is 0 Å². The van der Waals surface area contributed by atoms with Crippen molar-refractivity contribution in [3.8, 4) is 5.69 Å². The molecule has 3 rings (SSSR count). The minimum absolute atomic E-state index is 0.0261. The highest BCUT2D eigenvalue weighted by Crippen LogP contribution is 2.30. The summed E-state index contributed by atoms with van der Waals surface area (Å²) in [4.78, 5) is 12.4. The predicted octanol–water partition coefficient (Wildman–Crippen LogP) is 4.61. The zero-order chi connectivity index (χ0) is 18.9. The monoisotopic (exact) mass is 424 g/mol. The number of hydrogen-bond donors (Lipinski definition) is 1. The minimum Gasteiger partial charge on any atom is -0.321 e. The number of aromatic nitrogens is 3. The Morgan fingerprint density at radius 3 is 2.58 bits per heavy atom. The molecule has 0 saturated carbocycles. The Balaban J connectivity index is 1.87. The quantitative estimate of drug-likeness (QED) is 0.667. The van der Waals surface area contributed by atoms with Gasteiger partial charge in [-0.15, -0.1) is 5.10 Å². The van der Waals surface area contributed by atoms with Gasteiger partial charge in [0.15, 0.2) is 5.69 Å². The lowest BCUT2D eigenvalue weighted by molar-refractivity contribution is -0.137. The number of carbonyl (C=O) groups excluding carboxylic acids is 1. The van der Waals surface area contributed by atoms with Gasteiger partial charge >= 0.3 is 6.18 Å². The first-order valence-corrected chi connectivity index (χ1v) is 8.22. The van der Waals surface area contributed by atoms with Gasteiger partial charge in [0.2, 0.25) is 0 Å². The van der Waals surface area contributed by atoms with Crippen molar-refractivity contribution in [3.05, 3.63) is 70.0 Å². The second kappa shape index (κ2) is 6.91. The van der Waals surface area contributed by atoms with Crippen LogP contribution in [-0.4, -0.2) is 20.9 Å². The number of benzene rings is 2. The zero-order valence-corrected chi connectivity index (χ0v) is 15.0. The molecule has 1 heterocycles. The molecular weight excluding hydrogens is 413 g/mol. The maximum absolute atomic E-state index is 12.8. The van der Waals surface area contributed by atoms with E-state index in [0.29, 0.717) is 11.4 Å². The summed E-state index contributed by atoms with van der Waals surface area (Å²) in [5.41, 5.74) is 0.360. The Hall–Kier alpha value is -2.68. The fourth-order valence-corrected chi connectivity index (χ4v) is 2.81. The molecule has 0 aliphatic rings. The maximum atomic E-state index is 12.8. The van der Waals surface area contributed by atoms with Crippen molar-refractivity contribution in [1.82, 2.24) is 15.0 Å². The van der Waals surface area contributed by atoms with Gasteiger partial charge in [-0.2, -0.15) is 13.2 Å². The number of carbonyl (C=O) groups is 1. The lowest BCUT2D eigenvalue weighted by Gasteiger charge is -2.09. The van der Waals surface area contributed by atoms with Gasteiger partial charge in [-0.3, -0.25) is 4.79 Å². The fourth-order valence-electron chi connectivity index (χ4n) is 2.35. The minimum atomic E-state index is -4.49. The Bertz CT molecular complexity index is 969. The van der Waals surface area contributed by atoms with E-state index in [4.69, 9.17) is 0 Å². The molecule has 0 spiro atoms. The van der Waals surface area contributed by atoms with Gasteiger partial charge in [-0.1, -0.05) is 23.4 Å². The molecule has 1 aromatic heterocycles. The largest absolute Gasteiger partial charge is 0.416 e. The Morgan fingerprint density at radius 1 is 1.15 bits per heavy atom. The number of amides is 1. The molecule has 0 fully saturated rings. The second-order valence-corrected chi connectivity index (χ2v) is 6.27. The summed E-state index contributed by atoms with van der Waals surface area (Å²) in [6.45, 7) is 1.65. The van der Waals surface area contributed by atoms with E-state index in [-0.39, 0.29) is 11.4 Å². The van der Waals surface area contributed by atoms with Crippen LogP contribution in [-0.2, 0) is 6.18 Å². The van der Waals surface area contributed by atoms with Crippen LogP contribution in [0.15, 0.2) is 53.0 Å². The molecule has 0 aliphatic carbocycles. The van der Waals surface area contributed by atoms with Gasteiger partial charge in [0, 0.05) is 10.2 Å². The van der Waals surface area contributed by atoms with E-state index >= 15 is 0 Å². The van der Waals surface area contributed by atoms with E-state index in [1.807, 2.05) is 18.2 Å². The molecule has 0 saturated heterocycles. The van der Waals surface area contributed by atoms with Crippen LogP contribution in [0.1, 0.15) is 21.7 Å². The Kier molecular flexibility index (Phi) is 4.82. The number of rotatable bonds is 3. The summed E-state index contributed by atoms with van der Waals surface area (Å²) in [6, 6.07) is 11.7. The average molecular weight is 425 g/mol. The average Bonchev–Trinajstić information content (AvgIpc) is 2.96. The third-order valence-electron chi connectivity index (χ3n) is 3.64. The van der Waals surface area contributed by atoms with E-state index < -0.39 is 17.6 Å². The predicted molar refractivity (Wildman–Crippen MR) is 93.2 cm³/mol. The van der Waals surface area contributed by atoms with Crippen LogP contribution in [0.4, 0.5) is 18.9 Å². The molecule has 2 aromatic carbocycles. The molecule has 26 heavy (non-hydrogen) atoms. The number of nitrogens with one attached hydrogen (secondary N) is 1. The van der Waals surface area contributed by atoms with Crippen LogP contribution >= 0.6 is 15.9 Å². The van der Waals surface area contributed by atoms with Crippen molar-refractivity contribution < 1.29 is 18.0 Å². The van der Waals surface area contributed by atoms with Crippen LogP contribution in [0.25, 0.3) is 5.69 Å². The molecule has 0 aliphatic heterocycles.